The second kappa shape index (κ2) is 76.9. The molecule has 0 aromatic heterocycles. The summed E-state index contributed by atoms with van der Waals surface area (Å²) in [4.78, 5) is 0. The van der Waals surface area contributed by atoms with E-state index in [1.54, 1.807) is 0 Å². The van der Waals surface area contributed by atoms with Crippen LogP contribution in [-0.2, 0) is 18.9 Å². The highest BCUT2D eigenvalue weighted by Gasteiger charge is 2.15. The molecule has 0 aromatic rings. The molecule has 0 rings (SSSR count). The Bertz CT molecular complexity index is 1160. The van der Waals surface area contributed by atoms with E-state index < -0.39 is 0 Å². The Morgan fingerprint density at radius 1 is 0.205 bits per heavy atom. The van der Waals surface area contributed by atoms with Gasteiger partial charge in [-0.3, -0.25) is 0 Å². The molecule has 0 N–H and O–H groups in total. The van der Waals surface area contributed by atoms with Crippen LogP contribution in [0.4, 0.5) is 0 Å². The molecule has 2 radical (unpaired) electrons. The third kappa shape index (κ3) is 73.2. The van der Waals surface area contributed by atoms with E-state index in [9.17, 15) is 0 Å². The van der Waals surface area contributed by atoms with E-state index in [1.165, 1.54) is 334 Å². The van der Waals surface area contributed by atoms with Crippen molar-refractivity contribution < 1.29 is 18.9 Å². The molecule has 0 heterocycles. The summed E-state index contributed by atoms with van der Waals surface area (Å²) in [6.07, 6.45) is 99.5. The summed E-state index contributed by atoms with van der Waals surface area (Å²) < 4.78 is 25.8. The molecular formula is C79H150O4. The lowest BCUT2D eigenvalue weighted by Gasteiger charge is -2.21. The van der Waals surface area contributed by atoms with Gasteiger partial charge in [-0.25, -0.2) is 0 Å². The van der Waals surface area contributed by atoms with Gasteiger partial charge in [0, 0.05) is 26.4 Å². The summed E-state index contributed by atoms with van der Waals surface area (Å²) >= 11 is 0. The standard InChI is InChI=1S/C79H150O4/c1-5-9-13-17-21-25-29-33-37-41-45-49-53-57-61-65-72-80-76-78(82-74-67-63-59-55-51-47-43-39-35-31-27-23-19-15-11-7-3)70-69-71-79(83-75-68-64-60-56-52-48-44-40-36-32-28-24-20-16-12-8-4)77-81-73-66-62-58-54-50-46-42-38-34-30-26-22-18-14-10-6-2/h33-40,70-71,78-79H,5-32,41-69,72-77H2,1-4H3/b37-33-,38-34-,39-35-,40-36-. The first-order chi connectivity index (χ1) is 41.3. The lowest BCUT2D eigenvalue weighted by atomic mass is 10.1. The topological polar surface area (TPSA) is 36.9 Å². The lowest BCUT2D eigenvalue weighted by Crippen LogP contribution is -2.25. The van der Waals surface area contributed by atoms with Crippen LogP contribution in [0.1, 0.15) is 394 Å². The molecule has 0 saturated heterocycles. The van der Waals surface area contributed by atoms with Gasteiger partial charge in [0.15, 0.2) is 0 Å². The molecule has 0 spiro atoms. The Balaban J connectivity index is 4.91. The van der Waals surface area contributed by atoms with Crippen LogP contribution in [0, 0.1) is 12.8 Å². The first-order valence-corrected chi connectivity index (χ1v) is 37.9. The molecule has 4 nitrogen and oxygen atoms in total. The molecule has 0 aliphatic heterocycles. The van der Waals surface area contributed by atoms with Crippen LogP contribution in [0.2, 0.25) is 0 Å². The van der Waals surface area contributed by atoms with Crippen LogP contribution in [0.3, 0.4) is 0 Å². The van der Waals surface area contributed by atoms with Gasteiger partial charge in [-0.1, -0.05) is 307 Å². The summed E-state index contributed by atoms with van der Waals surface area (Å²) in [5.74, 6) is 0. The van der Waals surface area contributed by atoms with Crippen LogP contribution in [0.5, 0.6) is 0 Å². The minimum absolute atomic E-state index is 0.0157. The fraction of sp³-hybridized carbons (Fsp3) is 0.873. The Morgan fingerprint density at radius 2 is 0.386 bits per heavy atom. The van der Waals surface area contributed by atoms with E-state index in [0.717, 1.165) is 58.5 Å². The zero-order valence-electron chi connectivity index (χ0n) is 57.1. The van der Waals surface area contributed by atoms with Crippen LogP contribution in [-0.4, -0.2) is 51.8 Å². The van der Waals surface area contributed by atoms with Gasteiger partial charge in [0.1, 0.15) is 0 Å². The van der Waals surface area contributed by atoms with Crippen molar-refractivity contribution in [3.05, 3.63) is 61.4 Å². The Labute approximate surface area is 523 Å². The second-order valence-electron chi connectivity index (χ2n) is 25.4. The molecule has 2 unspecified atom stereocenters. The first-order valence-electron chi connectivity index (χ1n) is 37.9. The maximum Gasteiger partial charge on any atom is 0.0840 e. The van der Waals surface area contributed by atoms with Crippen molar-refractivity contribution in [1.82, 2.24) is 0 Å². The summed E-state index contributed by atoms with van der Waals surface area (Å²) in [5, 5.41) is 0. The molecular weight excluding hydrogens is 1010 g/mol. The predicted octanol–water partition coefficient (Wildman–Crippen LogP) is 26.7. The van der Waals surface area contributed by atoms with E-state index in [-0.39, 0.29) is 12.2 Å². The summed E-state index contributed by atoms with van der Waals surface area (Å²) in [7, 11) is 0. The molecule has 2 atom stereocenters. The van der Waals surface area contributed by atoms with Crippen molar-refractivity contribution in [2.75, 3.05) is 39.6 Å². The normalized spacial score (nSPS) is 13.0. The molecule has 0 amide bonds. The average Bonchev–Trinajstić information content (AvgIpc) is 3.49. The van der Waals surface area contributed by atoms with Crippen molar-refractivity contribution in [2.45, 2.75) is 406 Å². The molecule has 0 saturated carbocycles. The van der Waals surface area contributed by atoms with E-state index in [4.69, 9.17) is 18.9 Å². The fourth-order valence-electron chi connectivity index (χ4n) is 11.2. The first kappa shape index (κ1) is 81.8. The van der Waals surface area contributed by atoms with Crippen molar-refractivity contribution in [1.29, 1.82) is 0 Å². The molecule has 0 aliphatic carbocycles. The Morgan fingerprint density at radius 3 is 0.602 bits per heavy atom. The van der Waals surface area contributed by atoms with Gasteiger partial charge in [-0.15, -0.1) is 0 Å². The third-order valence-corrected chi connectivity index (χ3v) is 16.9. The van der Waals surface area contributed by atoms with Crippen molar-refractivity contribution in [3.8, 4) is 0 Å². The number of ether oxygens (including phenoxy) is 4. The molecule has 490 valence electrons. The van der Waals surface area contributed by atoms with Crippen LogP contribution in [0.25, 0.3) is 0 Å². The minimum atomic E-state index is 0.0157. The van der Waals surface area contributed by atoms with Gasteiger partial charge < -0.3 is 18.9 Å². The van der Waals surface area contributed by atoms with E-state index in [0.29, 0.717) is 13.2 Å². The van der Waals surface area contributed by atoms with Crippen LogP contribution in [0.15, 0.2) is 48.6 Å². The van der Waals surface area contributed by atoms with Gasteiger partial charge in [-0.2, -0.15) is 0 Å². The van der Waals surface area contributed by atoms with Crippen molar-refractivity contribution in [3.63, 3.8) is 0 Å². The number of allylic oxidation sites excluding steroid dienone is 8. The third-order valence-electron chi connectivity index (χ3n) is 16.9. The van der Waals surface area contributed by atoms with E-state index >= 15 is 0 Å². The number of unbranched alkanes of at least 4 members (excludes halogenated alkanes) is 48. The highest BCUT2D eigenvalue weighted by atomic mass is 16.5. The molecule has 4 heteroatoms. The van der Waals surface area contributed by atoms with Crippen LogP contribution >= 0.6 is 0 Å². The summed E-state index contributed by atoms with van der Waals surface area (Å²) in [6.45, 7) is 13.8. The van der Waals surface area contributed by atoms with Gasteiger partial charge in [0.25, 0.3) is 0 Å². The van der Waals surface area contributed by atoms with E-state index in [2.05, 4.69) is 89.1 Å². The van der Waals surface area contributed by atoms with Gasteiger partial charge >= 0.3 is 0 Å². The lowest BCUT2D eigenvalue weighted by molar-refractivity contribution is -0.0100. The summed E-state index contributed by atoms with van der Waals surface area (Å²) in [5.41, 5.74) is 0. The summed E-state index contributed by atoms with van der Waals surface area (Å²) in [6, 6.07) is 0. The maximum absolute atomic E-state index is 6.58. The fourth-order valence-corrected chi connectivity index (χ4v) is 11.2. The quantitative estimate of drug-likeness (QED) is 0.0449. The minimum Gasteiger partial charge on any atom is -0.379 e. The number of hydrogen-bond acceptors (Lipinski definition) is 4. The number of hydrogen-bond donors (Lipinski definition) is 0. The monoisotopic (exact) mass is 1160 g/mol. The van der Waals surface area contributed by atoms with Crippen molar-refractivity contribution >= 4 is 0 Å². The Hall–Kier alpha value is -1.20. The molecule has 0 aliphatic rings. The maximum atomic E-state index is 6.58. The zero-order valence-corrected chi connectivity index (χ0v) is 57.1. The van der Waals surface area contributed by atoms with Crippen molar-refractivity contribution in [2.24, 2.45) is 0 Å². The smallest absolute Gasteiger partial charge is 0.0840 e. The number of rotatable bonds is 74. The second-order valence-corrected chi connectivity index (χ2v) is 25.4. The predicted molar refractivity (Wildman–Crippen MR) is 372 cm³/mol. The van der Waals surface area contributed by atoms with Gasteiger partial charge in [-0.05, 0) is 148 Å². The Kier molecular flexibility index (Phi) is 75.8. The van der Waals surface area contributed by atoms with E-state index in [1.807, 2.05) is 0 Å². The zero-order chi connectivity index (χ0) is 59.6. The van der Waals surface area contributed by atoms with Gasteiger partial charge in [0.05, 0.1) is 25.4 Å². The highest BCUT2D eigenvalue weighted by Crippen LogP contribution is 2.18. The molecule has 0 fully saturated rings. The SMILES string of the molecule is CCCCCCCC/C=C\CCCCCCCCOCC([CH]C[CH]C(COCCCCCCCC/C=C\CCCCCCCC)OCCCCCCCC/C=C\CCCCCCCC)OCCCCCCCC/C=C\CCCCCCCC. The van der Waals surface area contributed by atoms with Crippen LogP contribution < -0.4 is 0 Å². The molecule has 0 aromatic carbocycles. The molecule has 0 bridgehead atoms. The highest BCUT2D eigenvalue weighted by molar-refractivity contribution is 4.89. The van der Waals surface area contributed by atoms with Gasteiger partial charge in [0.2, 0.25) is 0 Å². The molecule has 83 heavy (non-hydrogen) atoms. The largest absolute Gasteiger partial charge is 0.379 e. The average molecular weight is 1160 g/mol.